The molecule has 1 saturated heterocycles. The van der Waals surface area contributed by atoms with Crippen molar-refractivity contribution >= 4 is 27.9 Å². The Balaban J connectivity index is 2.23. The molecule has 2 rings (SSSR count). The standard InChI is InChI=1S/C19H27N3O7S/c1-11(16(24)21-18(20)26)29-17(25)15-9-13(23)10-22(15)30(27,28)14-7-5-12(6-8-14)19(2,3)4/h5-8,11,13,15,23H,9-10H2,1-4H3,(H3,20,21,24,26)/t11-,13-,15+/m1/s1. The molecule has 0 aliphatic carbocycles. The molecule has 3 atom stereocenters. The molecule has 0 aromatic heterocycles. The van der Waals surface area contributed by atoms with Crippen LogP contribution >= 0.6 is 0 Å². The first-order chi connectivity index (χ1) is 13.7. The van der Waals surface area contributed by atoms with Gasteiger partial charge in [0.15, 0.2) is 6.10 Å². The van der Waals surface area contributed by atoms with E-state index in [9.17, 15) is 27.9 Å². The van der Waals surface area contributed by atoms with Gasteiger partial charge in [0, 0.05) is 13.0 Å². The number of nitrogens with two attached hydrogens (primary N) is 1. The topological polar surface area (TPSA) is 156 Å². The second-order valence-electron chi connectivity index (χ2n) is 8.19. The van der Waals surface area contributed by atoms with Gasteiger partial charge in [0.05, 0.1) is 11.0 Å². The van der Waals surface area contributed by atoms with E-state index in [1.165, 1.54) is 19.1 Å². The molecule has 0 saturated carbocycles. The molecule has 1 fully saturated rings. The third-order valence-electron chi connectivity index (χ3n) is 4.74. The Morgan fingerprint density at radius 1 is 1.23 bits per heavy atom. The largest absolute Gasteiger partial charge is 0.451 e. The maximum Gasteiger partial charge on any atom is 0.325 e. The van der Waals surface area contributed by atoms with Gasteiger partial charge >= 0.3 is 12.0 Å². The van der Waals surface area contributed by atoms with Crippen molar-refractivity contribution in [2.45, 2.75) is 62.7 Å². The Labute approximate surface area is 175 Å². The van der Waals surface area contributed by atoms with E-state index in [0.717, 1.165) is 9.87 Å². The van der Waals surface area contributed by atoms with Crippen LogP contribution in [0.5, 0.6) is 0 Å². The smallest absolute Gasteiger partial charge is 0.325 e. The number of hydrogen-bond acceptors (Lipinski definition) is 7. The van der Waals surface area contributed by atoms with E-state index in [2.05, 4.69) is 0 Å². The van der Waals surface area contributed by atoms with E-state index >= 15 is 0 Å². The molecule has 166 valence electrons. The summed E-state index contributed by atoms with van der Waals surface area (Å²) in [6, 6.07) is 3.88. The lowest BCUT2D eigenvalue weighted by Crippen LogP contribution is -2.46. The number of aliphatic hydroxyl groups is 1. The zero-order valence-corrected chi connectivity index (χ0v) is 18.1. The molecule has 1 aliphatic rings. The first-order valence-corrected chi connectivity index (χ1v) is 10.8. The maximum absolute atomic E-state index is 13.1. The summed E-state index contributed by atoms with van der Waals surface area (Å²) in [5, 5.41) is 11.8. The molecule has 11 heteroatoms. The third kappa shape index (κ3) is 5.35. The summed E-state index contributed by atoms with van der Waals surface area (Å²) < 4.78 is 32.0. The Morgan fingerprint density at radius 2 is 1.80 bits per heavy atom. The van der Waals surface area contributed by atoms with Gasteiger partial charge in [-0.25, -0.2) is 13.2 Å². The average molecular weight is 442 g/mol. The van der Waals surface area contributed by atoms with Crippen molar-refractivity contribution in [2.24, 2.45) is 5.73 Å². The number of nitrogens with zero attached hydrogens (tertiary/aromatic N) is 1. The summed E-state index contributed by atoms with van der Waals surface area (Å²) >= 11 is 0. The fraction of sp³-hybridized carbons (Fsp3) is 0.526. The van der Waals surface area contributed by atoms with Crippen LogP contribution in [0.25, 0.3) is 0 Å². The van der Waals surface area contributed by atoms with E-state index in [4.69, 9.17) is 10.5 Å². The van der Waals surface area contributed by atoms with E-state index < -0.39 is 46.2 Å². The van der Waals surface area contributed by atoms with Gasteiger partial charge in [0.25, 0.3) is 5.91 Å². The lowest BCUT2D eigenvalue weighted by Gasteiger charge is -2.24. The molecule has 1 aromatic carbocycles. The number of sulfonamides is 1. The Bertz CT molecular complexity index is 922. The quantitative estimate of drug-likeness (QED) is 0.552. The van der Waals surface area contributed by atoms with Crippen molar-refractivity contribution in [2.75, 3.05) is 6.54 Å². The zero-order valence-electron chi connectivity index (χ0n) is 17.3. The summed E-state index contributed by atoms with van der Waals surface area (Å²) in [6.07, 6.45) is -2.62. The second-order valence-corrected chi connectivity index (χ2v) is 10.1. The van der Waals surface area contributed by atoms with Crippen molar-refractivity contribution in [3.8, 4) is 0 Å². The number of aliphatic hydroxyl groups excluding tert-OH is 1. The molecule has 0 spiro atoms. The number of primary amides is 1. The van der Waals surface area contributed by atoms with E-state index in [-0.39, 0.29) is 23.3 Å². The molecule has 10 nitrogen and oxygen atoms in total. The van der Waals surface area contributed by atoms with Gasteiger partial charge in [0.2, 0.25) is 10.0 Å². The summed E-state index contributed by atoms with van der Waals surface area (Å²) in [4.78, 5) is 35.0. The van der Waals surface area contributed by atoms with Crippen LogP contribution in [0.1, 0.15) is 39.7 Å². The van der Waals surface area contributed by atoms with Gasteiger partial charge in [-0.2, -0.15) is 4.31 Å². The van der Waals surface area contributed by atoms with Crippen LogP contribution in [-0.2, 0) is 29.8 Å². The number of hydrogen-bond donors (Lipinski definition) is 3. The fourth-order valence-corrected chi connectivity index (χ4v) is 4.68. The molecule has 1 aromatic rings. The molecule has 1 heterocycles. The summed E-state index contributed by atoms with van der Waals surface area (Å²) in [7, 11) is -4.11. The molecule has 3 amide bonds. The molecule has 4 N–H and O–H groups in total. The second kappa shape index (κ2) is 8.70. The highest BCUT2D eigenvalue weighted by atomic mass is 32.2. The van der Waals surface area contributed by atoms with Crippen LogP contribution in [-0.4, -0.2) is 60.5 Å². The van der Waals surface area contributed by atoms with Gasteiger partial charge in [-0.3, -0.25) is 14.9 Å². The molecule has 0 radical (unpaired) electrons. The van der Waals surface area contributed by atoms with Gasteiger partial charge in [-0.15, -0.1) is 0 Å². The number of β-amino-alcohol motifs (C(OH)–C–C–N with tert-alkyl or cyclic N) is 1. The van der Waals surface area contributed by atoms with Crippen LogP contribution in [0.3, 0.4) is 0 Å². The molecule has 30 heavy (non-hydrogen) atoms. The number of urea groups is 1. The Kier molecular flexibility index (Phi) is 6.90. The minimum Gasteiger partial charge on any atom is -0.451 e. The number of ether oxygens (including phenoxy) is 1. The van der Waals surface area contributed by atoms with E-state index in [1.807, 2.05) is 20.8 Å². The monoisotopic (exact) mass is 441 g/mol. The molecule has 0 unspecified atom stereocenters. The number of carbonyl (C=O) groups excluding carboxylic acids is 3. The number of carbonyl (C=O) groups is 3. The third-order valence-corrected chi connectivity index (χ3v) is 6.63. The van der Waals surface area contributed by atoms with Gasteiger partial charge in [-0.1, -0.05) is 32.9 Å². The molecular weight excluding hydrogens is 414 g/mol. The minimum atomic E-state index is -4.11. The fourth-order valence-electron chi connectivity index (χ4n) is 3.06. The number of nitrogens with one attached hydrogen (secondary N) is 1. The first-order valence-electron chi connectivity index (χ1n) is 9.34. The zero-order chi connectivity index (χ0) is 22.9. The van der Waals surface area contributed by atoms with Gasteiger partial charge in [-0.05, 0) is 30.0 Å². The number of benzene rings is 1. The average Bonchev–Trinajstić information content (AvgIpc) is 3.03. The normalized spacial score (nSPS) is 21.1. The highest BCUT2D eigenvalue weighted by Gasteiger charge is 2.45. The number of rotatable bonds is 5. The summed E-state index contributed by atoms with van der Waals surface area (Å²) in [5.74, 6) is -1.95. The van der Waals surface area contributed by atoms with E-state index in [0.29, 0.717) is 0 Å². The molecule has 1 aliphatic heterocycles. The molecule has 0 bridgehead atoms. The Hall–Kier alpha value is -2.50. The number of amides is 3. The van der Waals surface area contributed by atoms with Crippen LogP contribution in [0.2, 0.25) is 0 Å². The van der Waals surface area contributed by atoms with Gasteiger partial charge < -0.3 is 15.6 Å². The predicted octanol–water partition coefficient (Wildman–Crippen LogP) is 0.235. The SMILES string of the molecule is C[C@@H](OC(=O)[C@@H]1C[C@@H](O)CN1S(=O)(=O)c1ccc(C(C)(C)C)cc1)C(=O)NC(N)=O. The van der Waals surface area contributed by atoms with Crippen molar-refractivity contribution in [1.29, 1.82) is 0 Å². The lowest BCUT2D eigenvalue weighted by molar-refractivity contribution is -0.157. The number of esters is 1. The first kappa shape index (κ1) is 23.8. The van der Waals surface area contributed by atoms with Crippen LogP contribution in [0.4, 0.5) is 4.79 Å². The Morgan fingerprint density at radius 3 is 2.30 bits per heavy atom. The van der Waals surface area contributed by atoms with Crippen molar-refractivity contribution in [1.82, 2.24) is 9.62 Å². The summed E-state index contributed by atoms with van der Waals surface area (Å²) in [5.41, 5.74) is 5.62. The van der Waals surface area contributed by atoms with E-state index in [1.54, 1.807) is 17.4 Å². The van der Waals surface area contributed by atoms with Crippen LogP contribution in [0.15, 0.2) is 29.2 Å². The van der Waals surface area contributed by atoms with Crippen LogP contribution in [0, 0.1) is 0 Å². The van der Waals surface area contributed by atoms with Gasteiger partial charge in [0.1, 0.15) is 6.04 Å². The summed E-state index contributed by atoms with van der Waals surface area (Å²) in [6.45, 7) is 6.91. The maximum atomic E-state index is 13.1. The molecular formula is C19H27N3O7S. The highest BCUT2D eigenvalue weighted by molar-refractivity contribution is 7.89. The minimum absolute atomic E-state index is 0.0260. The van der Waals surface area contributed by atoms with Crippen LogP contribution < -0.4 is 11.1 Å². The highest BCUT2D eigenvalue weighted by Crippen LogP contribution is 2.29. The lowest BCUT2D eigenvalue weighted by atomic mass is 9.87. The van der Waals surface area contributed by atoms with Crippen molar-refractivity contribution in [3.63, 3.8) is 0 Å². The van der Waals surface area contributed by atoms with Crippen molar-refractivity contribution < 1.29 is 32.6 Å². The number of imide groups is 1. The predicted molar refractivity (Wildman–Crippen MR) is 107 cm³/mol. The van der Waals surface area contributed by atoms with Crippen molar-refractivity contribution in [3.05, 3.63) is 29.8 Å².